The monoisotopic (exact) mass is 346 g/mol. The van der Waals surface area contributed by atoms with E-state index in [1.165, 1.54) is 30.3 Å². The molecule has 1 heterocycles. The first kappa shape index (κ1) is 16.1. The summed E-state index contributed by atoms with van der Waals surface area (Å²) in [6.45, 7) is 0. The van der Waals surface area contributed by atoms with Crippen LogP contribution >= 0.6 is 11.6 Å². The van der Waals surface area contributed by atoms with Crippen molar-refractivity contribution < 1.29 is 19.6 Å². The number of aliphatic hydroxyl groups is 1. The standard InChI is InChI=1S/C16H11ClN2O5/c17-10-4-5-13-12(7-10)16(22,15(21)18-13)8-14(20)9-2-1-3-11(6-9)19(23)24/h1-7,22H,8H2,(H,18,21)/t16-/m0/s1. The van der Waals surface area contributed by atoms with E-state index in [1.54, 1.807) is 6.07 Å². The second-order valence-electron chi connectivity index (χ2n) is 5.41. The third-order valence-corrected chi connectivity index (χ3v) is 4.08. The molecule has 1 atom stereocenters. The molecule has 2 N–H and O–H groups in total. The Hall–Kier alpha value is -2.77. The minimum atomic E-state index is -2.07. The van der Waals surface area contributed by atoms with E-state index in [9.17, 15) is 24.8 Å². The van der Waals surface area contributed by atoms with E-state index in [0.29, 0.717) is 10.7 Å². The van der Waals surface area contributed by atoms with E-state index in [-0.39, 0.29) is 16.8 Å². The molecule has 7 nitrogen and oxygen atoms in total. The maximum Gasteiger partial charge on any atom is 0.270 e. The molecule has 0 aromatic heterocycles. The summed E-state index contributed by atoms with van der Waals surface area (Å²) in [4.78, 5) is 34.7. The third-order valence-electron chi connectivity index (χ3n) is 3.85. The highest BCUT2D eigenvalue weighted by atomic mass is 35.5. The second-order valence-corrected chi connectivity index (χ2v) is 5.85. The molecule has 0 saturated carbocycles. The van der Waals surface area contributed by atoms with Crippen LogP contribution in [0.1, 0.15) is 22.3 Å². The quantitative estimate of drug-likeness (QED) is 0.502. The Kier molecular flexibility index (Phi) is 3.82. The summed E-state index contributed by atoms with van der Waals surface area (Å²) < 4.78 is 0. The molecule has 2 aromatic rings. The number of hydrogen-bond acceptors (Lipinski definition) is 5. The molecule has 0 fully saturated rings. The number of anilines is 1. The first-order chi connectivity index (χ1) is 11.3. The van der Waals surface area contributed by atoms with Crippen molar-refractivity contribution in [3.05, 3.63) is 68.7 Å². The summed E-state index contributed by atoms with van der Waals surface area (Å²) in [5.74, 6) is -1.33. The Labute approximate surface area is 141 Å². The van der Waals surface area contributed by atoms with Gasteiger partial charge in [0, 0.05) is 34.0 Å². The number of rotatable bonds is 4. The molecule has 8 heteroatoms. The number of halogens is 1. The first-order valence-electron chi connectivity index (χ1n) is 6.93. The van der Waals surface area contributed by atoms with E-state index < -0.39 is 28.6 Å². The zero-order chi connectivity index (χ0) is 17.5. The van der Waals surface area contributed by atoms with E-state index >= 15 is 0 Å². The lowest BCUT2D eigenvalue weighted by molar-refractivity contribution is -0.384. The summed E-state index contributed by atoms with van der Waals surface area (Å²) in [6.07, 6.45) is -0.548. The molecule has 3 rings (SSSR count). The van der Waals surface area contributed by atoms with Gasteiger partial charge >= 0.3 is 0 Å². The van der Waals surface area contributed by atoms with Gasteiger partial charge in [0.1, 0.15) is 0 Å². The van der Waals surface area contributed by atoms with Crippen LogP contribution in [0.3, 0.4) is 0 Å². The average Bonchev–Trinajstić information content (AvgIpc) is 2.79. The largest absolute Gasteiger partial charge is 0.375 e. The van der Waals surface area contributed by atoms with Gasteiger partial charge in [0.25, 0.3) is 11.6 Å². The average molecular weight is 347 g/mol. The summed E-state index contributed by atoms with van der Waals surface area (Å²) in [5, 5.41) is 24.3. The molecule has 1 aliphatic heterocycles. The van der Waals surface area contributed by atoms with Crippen LogP contribution in [0.15, 0.2) is 42.5 Å². The van der Waals surface area contributed by atoms with Crippen LogP contribution in [0.2, 0.25) is 5.02 Å². The van der Waals surface area contributed by atoms with E-state index in [4.69, 9.17) is 11.6 Å². The van der Waals surface area contributed by atoms with Crippen LogP contribution in [-0.2, 0) is 10.4 Å². The number of non-ortho nitro benzene ring substituents is 1. The van der Waals surface area contributed by atoms with Gasteiger partial charge in [0.05, 0.1) is 11.3 Å². The molecule has 0 aliphatic carbocycles. The number of nitro benzene ring substituents is 1. The number of carbonyl (C=O) groups excluding carboxylic acids is 2. The number of Topliss-reactive ketones (excluding diaryl/α,β-unsaturated/α-hetero) is 1. The highest BCUT2D eigenvalue weighted by Crippen LogP contribution is 2.40. The highest BCUT2D eigenvalue weighted by molar-refractivity contribution is 6.31. The predicted octanol–water partition coefficient (Wildman–Crippen LogP) is 2.66. The number of carbonyl (C=O) groups is 2. The van der Waals surface area contributed by atoms with Gasteiger partial charge in [-0.25, -0.2) is 0 Å². The van der Waals surface area contributed by atoms with Crippen LogP contribution in [0.25, 0.3) is 0 Å². The van der Waals surface area contributed by atoms with E-state index in [1.807, 2.05) is 0 Å². The van der Waals surface area contributed by atoms with Gasteiger partial charge in [0.15, 0.2) is 11.4 Å². The molecule has 1 aliphatic rings. The Balaban J connectivity index is 1.95. The topological polar surface area (TPSA) is 110 Å². The van der Waals surface area contributed by atoms with Crippen molar-refractivity contribution in [2.75, 3.05) is 5.32 Å². The number of hydrogen-bond donors (Lipinski definition) is 2. The number of nitrogens with zero attached hydrogens (tertiary/aromatic N) is 1. The summed E-state index contributed by atoms with van der Waals surface area (Å²) in [7, 11) is 0. The lowest BCUT2D eigenvalue weighted by atomic mass is 9.88. The molecule has 122 valence electrons. The van der Waals surface area contributed by atoms with Crippen LogP contribution in [0, 0.1) is 10.1 Å². The highest BCUT2D eigenvalue weighted by Gasteiger charge is 2.47. The zero-order valence-electron chi connectivity index (χ0n) is 12.2. The minimum absolute atomic E-state index is 0.0425. The smallest absolute Gasteiger partial charge is 0.270 e. The predicted molar refractivity (Wildman–Crippen MR) is 86.0 cm³/mol. The van der Waals surface area contributed by atoms with Gasteiger partial charge in [0.2, 0.25) is 0 Å². The molecular weight excluding hydrogens is 336 g/mol. The lowest BCUT2D eigenvalue weighted by Crippen LogP contribution is -2.36. The molecule has 2 aromatic carbocycles. The number of amides is 1. The molecule has 0 saturated heterocycles. The second kappa shape index (κ2) is 5.70. The number of nitro groups is 1. The van der Waals surface area contributed by atoms with Gasteiger partial charge in [-0.3, -0.25) is 19.7 Å². The fourth-order valence-electron chi connectivity index (χ4n) is 2.62. The fraction of sp³-hybridized carbons (Fsp3) is 0.125. The zero-order valence-corrected chi connectivity index (χ0v) is 12.9. The van der Waals surface area contributed by atoms with Crippen molar-refractivity contribution in [3.8, 4) is 0 Å². The lowest BCUT2D eigenvalue weighted by Gasteiger charge is -2.20. The summed E-state index contributed by atoms with van der Waals surface area (Å²) in [6, 6.07) is 9.62. The Morgan fingerprint density at radius 1 is 1.29 bits per heavy atom. The molecule has 0 spiro atoms. The van der Waals surface area contributed by atoms with Gasteiger partial charge in [-0.15, -0.1) is 0 Å². The van der Waals surface area contributed by atoms with Gasteiger partial charge in [-0.05, 0) is 18.2 Å². The Bertz CT molecular complexity index is 883. The van der Waals surface area contributed by atoms with E-state index in [2.05, 4.69) is 5.32 Å². The molecular formula is C16H11ClN2O5. The normalized spacial score (nSPS) is 18.8. The maximum absolute atomic E-state index is 12.4. The number of fused-ring (bicyclic) bond motifs is 1. The third kappa shape index (κ3) is 2.64. The minimum Gasteiger partial charge on any atom is -0.375 e. The SMILES string of the molecule is O=C(C[C@@]1(O)C(=O)Nc2ccc(Cl)cc21)c1cccc([N+](=O)[O-])c1. The molecule has 0 bridgehead atoms. The number of nitrogens with one attached hydrogen (secondary N) is 1. The Morgan fingerprint density at radius 2 is 2.04 bits per heavy atom. The van der Waals surface area contributed by atoms with Crippen molar-refractivity contribution in [1.82, 2.24) is 0 Å². The first-order valence-corrected chi connectivity index (χ1v) is 7.30. The van der Waals surface area contributed by atoms with E-state index in [0.717, 1.165) is 6.07 Å². The van der Waals surface area contributed by atoms with Gasteiger partial charge < -0.3 is 10.4 Å². The number of benzene rings is 2. The van der Waals surface area contributed by atoms with Crippen molar-refractivity contribution in [2.45, 2.75) is 12.0 Å². The van der Waals surface area contributed by atoms with Crippen LogP contribution in [0.4, 0.5) is 11.4 Å². The van der Waals surface area contributed by atoms with Crippen molar-refractivity contribution >= 4 is 34.7 Å². The molecule has 1 amide bonds. The van der Waals surface area contributed by atoms with Gasteiger partial charge in [-0.1, -0.05) is 23.7 Å². The fourth-order valence-corrected chi connectivity index (χ4v) is 2.79. The van der Waals surface area contributed by atoms with Crippen LogP contribution in [-0.4, -0.2) is 21.7 Å². The van der Waals surface area contributed by atoms with Crippen molar-refractivity contribution in [3.63, 3.8) is 0 Å². The Morgan fingerprint density at radius 3 is 2.75 bits per heavy atom. The number of ketones is 1. The maximum atomic E-state index is 12.4. The van der Waals surface area contributed by atoms with Crippen molar-refractivity contribution in [1.29, 1.82) is 0 Å². The van der Waals surface area contributed by atoms with Crippen LogP contribution < -0.4 is 5.32 Å². The van der Waals surface area contributed by atoms with Crippen LogP contribution in [0.5, 0.6) is 0 Å². The molecule has 24 heavy (non-hydrogen) atoms. The summed E-state index contributed by atoms with van der Waals surface area (Å²) >= 11 is 5.90. The van der Waals surface area contributed by atoms with Gasteiger partial charge in [-0.2, -0.15) is 0 Å². The molecule has 0 radical (unpaired) electrons. The molecule has 0 unspecified atom stereocenters. The van der Waals surface area contributed by atoms with Crippen molar-refractivity contribution in [2.24, 2.45) is 0 Å². The summed E-state index contributed by atoms with van der Waals surface area (Å²) in [5.41, 5.74) is -1.69.